The lowest BCUT2D eigenvalue weighted by Crippen LogP contribution is -2.49. The lowest BCUT2D eigenvalue weighted by molar-refractivity contribution is 0.103. The van der Waals surface area contributed by atoms with Crippen molar-refractivity contribution in [1.29, 1.82) is 0 Å². The first-order valence-electron chi connectivity index (χ1n) is 21.1. The van der Waals surface area contributed by atoms with E-state index in [9.17, 15) is 20.4 Å². The number of aromatic hydroxyl groups is 4. The van der Waals surface area contributed by atoms with Crippen LogP contribution in [0.1, 0.15) is 22.3 Å². The van der Waals surface area contributed by atoms with Gasteiger partial charge in [-0.25, -0.2) is 0 Å². The van der Waals surface area contributed by atoms with Crippen molar-refractivity contribution in [2.45, 2.75) is 26.2 Å². The summed E-state index contributed by atoms with van der Waals surface area (Å²) in [5.74, 6) is 1.15. The van der Waals surface area contributed by atoms with Crippen molar-refractivity contribution in [1.82, 2.24) is 19.6 Å². The third-order valence-electron chi connectivity index (χ3n) is 12.5. The van der Waals surface area contributed by atoms with Crippen molar-refractivity contribution < 1.29 is 20.4 Å². The molecule has 0 aromatic heterocycles. The van der Waals surface area contributed by atoms with E-state index < -0.39 is 0 Å². The van der Waals surface area contributed by atoms with Gasteiger partial charge in [-0.15, -0.1) is 0 Å². The lowest BCUT2D eigenvalue weighted by atomic mass is 10.0. The van der Waals surface area contributed by atoms with E-state index in [1.807, 2.05) is 72.8 Å². The Morgan fingerprint density at radius 2 is 0.583 bits per heavy atom. The molecule has 1 heterocycles. The zero-order valence-corrected chi connectivity index (χ0v) is 33.9. The molecular formula is C52H52N4O4. The molecular weight excluding hydrogens is 745 g/mol. The highest BCUT2D eigenvalue weighted by molar-refractivity contribution is 5.90. The summed E-state index contributed by atoms with van der Waals surface area (Å²) in [6, 6.07) is 47.9. The predicted octanol–water partition coefficient (Wildman–Crippen LogP) is 9.44. The Hall–Kier alpha value is -6.16. The van der Waals surface area contributed by atoms with E-state index in [1.165, 1.54) is 0 Å². The lowest BCUT2D eigenvalue weighted by Gasteiger charge is -2.37. The van der Waals surface area contributed by atoms with Crippen LogP contribution in [0.3, 0.4) is 0 Å². The molecule has 9 rings (SSSR count). The molecule has 0 saturated carbocycles. The number of hydrogen-bond acceptors (Lipinski definition) is 8. The maximum atomic E-state index is 11.2. The molecule has 0 spiro atoms. The number of fused-ring (bicyclic) bond motifs is 4. The standard InChI is InChI=1S/C52H52N4O4/c57-49-21-17-37-9-1-5-13-41(37)45(49)33-55(34-46-42-14-6-2-10-38(42)18-22-50(46)58)31-29-53-25-27-54(28-26-53)30-32-56(35-47-43-15-7-3-11-39(43)19-23-51(47)59)36-48-44-16-8-4-12-40(44)20-24-52(48)60/h1-24,57-60H,25-36H2. The van der Waals surface area contributed by atoms with Gasteiger partial charge in [0.05, 0.1) is 0 Å². The Morgan fingerprint density at radius 3 is 0.850 bits per heavy atom. The minimum Gasteiger partial charge on any atom is -0.508 e. The molecule has 1 fully saturated rings. The van der Waals surface area contributed by atoms with E-state index in [-0.39, 0.29) is 23.0 Å². The summed E-state index contributed by atoms with van der Waals surface area (Å²) >= 11 is 0. The quantitative estimate of drug-likeness (QED) is 0.0866. The fourth-order valence-corrected chi connectivity index (χ4v) is 9.09. The average Bonchev–Trinajstić information content (AvgIpc) is 3.28. The fraction of sp³-hybridized carbons (Fsp3) is 0.231. The molecule has 8 aromatic rings. The molecule has 0 amide bonds. The summed E-state index contributed by atoms with van der Waals surface area (Å²) < 4.78 is 0. The van der Waals surface area contributed by atoms with Crippen LogP contribution >= 0.6 is 0 Å². The molecule has 1 saturated heterocycles. The van der Waals surface area contributed by atoms with E-state index in [1.54, 1.807) is 24.3 Å². The number of rotatable bonds is 14. The van der Waals surface area contributed by atoms with Crippen molar-refractivity contribution in [2.24, 2.45) is 0 Å². The smallest absolute Gasteiger partial charge is 0.120 e. The second-order valence-electron chi connectivity index (χ2n) is 16.2. The predicted molar refractivity (Wildman–Crippen MR) is 244 cm³/mol. The van der Waals surface area contributed by atoms with Gasteiger partial charge >= 0.3 is 0 Å². The minimum atomic E-state index is 0.287. The molecule has 304 valence electrons. The Morgan fingerprint density at radius 1 is 0.333 bits per heavy atom. The zero-order valence-electron chi connectivity index (χ0n) is 33.9. The van der Waals surface area contributed by atoms with Gasteiger partial charge in [-0.05, 0) is 67.4 Å². The molecule has 4 N–H and O–H groups in total. The van der Waals surface area contributed by atoms with Gasteiger partial charge in [0.15, 0.2) is 0 Å². The van der Waals surface area contributed by atoms with E-state index in [2.05, 4.69) is 68.1 Å². The summed E-state index contributed by atoms with van der Waals surface area (Å²) in [5.41, 5.74) is 3.60. The van der Waals surface area contributed by atoms with Crippen LogP contribution in [0.25, 0.3) is 43.1 Å². The molecule has 1 aliphatic heterocycles. The molecule has 8 nitrogen and oxygen atoms in total. The van der Waals surface area contributed by atoms with Crippen molar-refractivity contribution in [3.05, 3.63) is 168 Å². The molecule has 0 bridgehead atoms. The normalized spacial score (nSPS) is 14.0. The maximum Gasteiger partial charge on any atom is 0.120 e. The minimum absolute atomic E-state index is 0.287. The Labute approximate surface area is 351 Å². The van der Waals surface area contributed by atoms with Gasteiger partial charge in [0.2, 0.25) is 0 Å². The monoisotopic (exact) mass is 796 g/mol. The molecule has 8 aromatic carbocycles. The average molecular weight is 797 g/mol. The number of phenols is 4. The molecule has 0 atom stereocenters. The first-order valence-corrected chi connectivity index (χ1v) is 21.1. The van der Waals surface area contributed by atoms with Crippen LogP contribution in [0.4, 0.5) is 0 Å². The Bertz CT molecular complexity index is 2420. The summed E-state index contributed by atoms with van der Waals surface area (Å²) in [4.78, 5) is 9.77. The number of hydrogen-bond donors (Lipinski definition) is 4. The third-order valence-corrected chi connectivity index (χ3v) is 12.5. The van der Waals surface area contributed by atoms with Gasteiger partial charge < -0.3 is 20.4 Å². The van der Waals surface area contributed by atoms with E-state index >= 15 is 0 Å². The highest BCUT2D eigenvalue weighted by atomic mass is 16.3. The summed E-state index contributed by atoms with van der Waals surface area (Å²) in [6.07, 6.45) is 0. The second kappa shape index (κ2) is 17.6. The van der Waals surface area contributed by atoms with Crippen LogP contribution in [0.5, 0.6) is 23.0 Å². The van der Waals surface area contributed by atoms with Crippen LogP contribution in [0.15, 0.2) is 146 Å². The molecule has 1 aliphatic rings. The van der Waals surface area contributed by atoms with Crippen molar-refractivity contribution in [3.8, 4) is 23.0 Å². The molecule has 0 unspecified atom stereocenters. The largest absolute Gasteiger partial charge is 0.508 e. The zero-order chi connectivity index (χ0) is 41.0. The van der Waals surface area contributed by atoms with Gasteiger partial charge in [0, 0.05) is 101 Å². The summed E-state index contributed by atoms with van der Waals surface area (Å²) in [7, 11) is 0. The van der Waals surface area contributed by atoms with Crippen LogP contribution in [-0.2, 0) is 26.2 Å². The Balaban J connectivity index is 0.898. The first-order chi connectivity index (χ1) is 29.4. The van der Waals surface area contributed by atoms with Gasteiger partial charge in [-0.1, -0.05) is 121 Å². The first kappa shape index (κ1) is 39.3. The van der Waals surface area contributed by atoms with Crippen LogP contribution in [-0.4, -0.2) is 92.4 Å². The van der Waals surface area contributed by atoms with Crippen molar-refractivity contribution in [3.63, 3.8) is 0 Å². The van der Waals surface area contributed by atoms with Gasteiger partial charge in [0.25, 0.3) is 0 Å². The Kier molecular flexibility index (Phi) is 11.5. The number of phenolic OH excluding ortho intramolecular Hbond substituents is 4. The van der Waals surface area contributed by atoms with E-state index in [4.69, 9.17) is 0 Å². The van der Waals surface area contributed by atoms with E-state index in [0.29, 0.717) is 26.2 Å². The molecule has 0 radical (unpaired) electrons. The SMILES string of the molecule is Oc1ccc2ccccc2c1CN(CCN1CCN(CCN(Cc2c(O)ccc3ccccc23)Cc2c(O)ccc3ccccc23)CC1)Cc1c(O)ccc2ccccc12. The van der Waals surface area contributed by atoms with Crippen molar-refractivity contribution in [2.75, 3.05) is 52.4 Å². The molecule has 0 aliphatic carbocycles. The fourth-order valence-electron chi connectivity index (χ4n) is 9.09. The highest BCUT2D eigenvalue weighted by Gasteiger charge is 2.23. The number of benzene rings is 8. The topological polar surface area (TPSA) is 93.9 Å². The highest BCUT2D eigenvalue weighted by Crippen LogP contribution is 2.34. The summed E-state index contributed by atoms with van der Waals surface area (Å²) in [5, 5.41) is 53.1. The van der Waals surface area contributed by atoms with E-state index in [0.717, 1.165) is 118 Å². The van der Waals surface area contributed by atoms with Crippen LogP contribution in [0.2, 0.25) is 0 Å². The second-order valence-corrected chi connectivity index (χ2v) is 16.2. The summed E-state index contributed by atoms with van der Waals surface area (Å²) in [6.45, 7) is 9.16. The molecule has 60 heavy (non-hydrogen) atoms. The van der Waals surface area contributed by atoms with Crippen LogP contribution < -0.4 is 0 Å². The maximum absolute atomic E-state index is 11.2. The third kappa shape index (κ3) is 8.46. The molecule has 8 heteroatoms. The number of nitrogens with zero attached hydrogens (tertiary/aromatic N) is 4. The van der Waals surface area contributed by atoms with Gasteiger partial charge in [-0.3, -0.25) is 19.6 Å². The number of piperazine rings is 1. The van der Waals surface area contributed by atoms with Gasteiger partial charge in [0.1, 0.15) is 23.0 Å². The van der Waals surface area contributed by atoms with Crippen molar-refractivity contribution >= 4 is 43.1 Å². The van der Waals surface area contributed by atoms with Crippen LogP contribution in [0, 0.1) is 0 Å². The van der Waals surface area contributed by atoms with Gasteiger partial charge in [-0.2, -0.15) is 0 Å².